The summed E-state index contributed by atoms with van der Waals surface area (Å²) in [6.07, 6.45) is 2.35. The summed E-state index contributed by atoms with van der Waals surface area (Å²) in [5.41, 5.74) is 1.79. The summed E-state index contributed by atoms with van der Waals surface area (Å²) in [6.45, 7) is 3.78. The highest BCUT2D eigenvalue weighted by Crippen LogP contribution is 2.14. The second-order valence-corrected chi connectivity index (χ2v) is 5.63. The Balaban J connectivity index is 2.44. The zero-order chi connectivity index (χ0) is 12.5. The molecule has 1 aromatic heterocycles. The lowest BCUT2D eigenvalue weighted by Crippen LogP contribution is -2.13. The molecule has 0 radical (unpaired) electrons. The predicted molar refractivity (Wildman–Crippen MR) is 65.4 cm³/mol. The zero-order valence-electron chi connectivity index (χ0n) is 9.79. The Kier molecular flexibility index (Phi) is 3.02. The molecule has 0 spiro atoms. The van der Waals surface area contributed by atoms with Crippen LogP contribution in [-0.4, -0.2) is 17.6 Å². The van der Waals surface area contributed by atoms with Gasteiger partial charge in [0.2, 0.25) is 0 Å². The summed E-state index contributed by atoms with van der Waals surface area (Å²) >= 11 is 0. The molecule has 0 saturated heterocycles. The summed E-state index contributed by atoms with van der Waals surface area (Å²) in [6, 6.07) is 8.54. The van der Waals surface area contributed by atoms with Crippen LogP contribution in [0.25, 0.3) is 0 Å². The second-order valence-electron chi connectivity index (χ2n) is 3.83. The van der Waals surface area contributed by atoms with Crippen molar-refractivity contribution in [1.29, 1.82) is 0 Å². The lowest BCUT2D eigenvalue weighted by molar-refractivity contribution is 0.579. The number of rotatable bonds is 3. The SMILES string of the molecule is CCc1ccc(S(=O)(=O)n2ccc(C)n2)cc1. The van der Waals surface area contributed by atoms with Gasteiger partial charge in [-0.2, -0.15) is 17.6 Å². The maximum absolute atomic E-state index is 12.1. The Morgan fingerprint density at radius 3 is 2.29 bits per heavy atom. The van der Waals surface area contributed by atoms with Gasteiger partial charge in [0.15, 0.2) is 0 Å². The topological polar surface area (TPSA) is 52.0 Å². The van der Waals surface area contributed by atoms with Crippen molar-refractivity contribution in [2.75, 3.05) is 0 Å². The zero-order valence-corrected chi connectivity index (χ0v) is 10.6. The van der Waals surface area contributed by atoms with Gasteiger partial charge < -0.3 is 0 Å². The average Bonchev–Trinajstić information content (AvgIpc) is 2.77. The Morgan fingerprint density at radius 1 is 1.18 bits per heavy atom. The van der Waals surface area contributed by atoms with Gasteiger partial charge in [-0.15, -0.1) is 0 Å². The molecule has 17 heavy (non-hydrogen) atoms. The third-order valence-electron chi connectivity index (χ3n) is 2.58. The van der Waals surface area contributed by atoms with Crippen molar-refractivity contribution in [1.82, 2.24) is 9.19 Å². The van der Waals surface area contributed by atoms with Crippen molar-refractivity contribution in [3.05, 3.63) is 47.8 Å². The number of benzene rings is 1. The third-order valence-corrected chi connectivity index (χ3v) is 4.14. The highest BCUT2D eigenvalue weighted by atomic mass is 32.2. The van der Waals surface area contributed by atoms with E-state index in [1.54, 1.807) is 25.1 Å². The molecule has 2 rings (SSSR count). The molecule has 90 valence electrons. The van der Waals surface area contributed by atoms with Gasteiger partial charge in [-0.3, -0.25) is 0 Å². The molecule has 0 aliphatic carbocycles. The molecule has 5 heteroatoms. The van der Waals surface area contributed by atoms with E-state index in [0.717, 1.165) is 16.1 Å². The number of nitrogens with zero attached hydrogens (tertiary/aromatic N) is 2. The van der Waals surface area contributed by atoms with Crippen molar-refractivity contribution in [3.63, 3.8) is 0 Å². The molecule has 0 fully saturated rings. The first-order valence-electron chi connectivity index (χ1n) is 5.41. The summed E-state index contributed by atoms with van der Waals surface area (Å²) < 4.78 is 25.3. The molecule has 0 aliphatic rings. The largest absolute Gasteiger partial charge is 0.282 e. The molecule has 0 bridgehead atoms. The smallest absolute Gasteiger partial charge is 0.199 e. The molecule has 0 atom stereocenters. The van der Waals surface area contributed by atoms with E-state index in [0.29, 0.717) is 5.69 Å². The molecular weight excluding hydrogens is 236 g/mol. The Morgan fingerprint density at radius 2 is 1.82 bits per heavy atom. The van der Waals surface area contributed by atoms with Crippen LogP contribution in [0.1, 0.15) is 18.2 Å². The van der Waals surface area contributed by atoms with Crippen LogP contribution in [0.5, 0.6) is 0 Å². The minimum absolute atomic E-state index is 0.262. The molecule has 0 unspecified atom stereocenters. The highest BCUT2D eigenvalue weighted by Gasteiger charge is 2.17. The van der Waals surface area contributed by atoms with Crippen LogP contribution in [0.15, 0.2) is 41.4 Å². The molecule has 0 amide bonds. The Bertz CT molecular complexity index is 612. The normalized spacial score (nSPS) is 11.6. The first kappa shape index (κ1) is 11.9. The maximum atomic E-state index is 12.1. The molecule has 0 saturated carbocycles. The van der Waals surface area contributed by atoms with E-state index in [-0.39, 0.29) is 4.90 Å². The van der Waals surface area contributed by atoms with Crippen molar-refractivity contribution >= 4 is 10.0 Å². The van der Waals surface area contributed by atoms with Gasteiger partial charge in [0.25, 0.3) is 10.0 Å². The van der Waals surface area contributed by atoms with Crippen LogP contribution in [0.2, 0.25) is 0 Å². The van der Waals surface area contributed by atoms with Gasteiger partial charge in [0.1, 0.15) is 0 Å². The number of aryl methyl sites for hydroxylation is 2. The second kappa shape index (κ2) is 4.33. The fourth-order valence-corrected chi connectivity index (χ4v) is 2.69. The first-order chi connectivity index (χ1) is 8.04. The van der Waals surface area contributed by atoms with Crippen LogP contribution in [0, 0.1) is 6.92 Å². The summed E-state index contributed by atoms with van der Waals surface area (Å²) in [5, 5.41) is 3.93. The number of hydrogen-bond donors (Lipinski definition) is 0. The number of hydrogen-bond acceptors (Lipinski definition) is 3. The van der Waals surface area contributed by atoms with Gasteiger partial charge >= 0.3 is 0 Å². The van der Waals surface area contributed by atoms with Crippen molar-refractivity contribution in [2.24, 2.45) is 0 Å². The Hall–Kier alpha value is -1.62. The minimum Gasteiger partial charge on any atom is -0.199 e. The predicted octanol–water partition coefficient (Wildman–Crippen LogP) is 1.99. The van der Waals surface area contributed by atoms with Gasteiger partial charge in [0.05, 0.1) is 10.6 Å². The molecule has 1 heterocycles. The lowest BCUT2D eigenvalue weighted by Gasteiger charge is -2.04. The molecule has 1 aromatic carbocycles. The Labute approximate surface area is 101 Å². The van der Waals surface area contributed by atoms with Crippen LogP contribution in [-0.2, 0) is 16.4 Å². The van der Waals surface area contributed by atoms with Crippen LogP contribution in [0.4, 0.5) is 0 Å². The van der Waals surface area contributed by atoms with E-state index in [2.05, 4.69) is 5.10 Å². The van der Waals surface area contributed by atoms with Crippen molar-refractivity contribution in [3.8, 4) is 0 Å². The van der Waals surface area contributed by atoms with E-state index in [4.69, 9.17) is 0 Å². The average molecular weight is 250 g/mol. The lowest BCUT2D eigenvalue weighted by atomic mass is 10.2. The van der Waals surface area contributed by atoms with Crippen molar-refractivity contribution < 1.29 is 8.42 Å². The number of aromatic nitrogens is 2. The van der Waals surface area contributed by atoms with E-state index >= 15 is 0 Å². The first-order valence-corrected chi connectivity index (χ1v) is 6.85. The van der Waals surface area contributed by atoms with E-state index in [9.17, 15) is 8.42 Å². The van der Waals surface area contributed by atoms with Crippen LogP contribution in [0.3, 0.4) is 0 Å². The van der Waals surface area contributed by atoms with Crippen LogP contribution < -0.4 is 0 Å². The summed E-state index contributed by atoms with van der Waals surface area (Å²) in [5.74, 6) is 0. The minimum atomic E-state index is -3.54. The van der Waals surface area contributed by atoms with Gasteiger partial charge in [-0.05, 0) is 37.1 Å². The molecule has 0 aliphatic heterocycles. The molecule has 4 nitrogen and oxygen atoms in total. The quantitative estimate of drug-likeness (QED) is 0.837. The molecular formula is C12H14N2O2S. The van der Waals surface area contributed by atoms with E-state index in [1.807, 2.05) is 19.1 Å². The highest BCUT2D eigenvalue weighted by molar-refractivity contribution is 7.89. The molecule has 2 aromatic rings. The van der Waals surface area contributed by atoms with E-state index < -0.39 is 10.0 Å². The van der Waals surface area contributed by atoms with Crippen molar-refractivity contribution in [2.45, 2.75) is 25.2 Å². The fourth-order valence-electron chi connectivity index (χ4n) is 1.53. The third kappa shape index (κ3) is 2.24. The van der Waals surface area contributed by atoms with Gasteiger partial charge in [-0.25, -0.2) is 0 Å². The van der Waals surface area contributed by atoms with E-state index in [1.165, 1.54) is 6.20 Å². The maximum Gasteiger partial charge on any atom is 0.282 e. The van der Waals surface area contributed by atoms with Gasteiger partial charge in [-0.1, -0.05) is 19.1 Å². The standard InChI is InChI=1S/C12H14N2O2S/c1-3-11-4-6-12(7-5-11)17(15,16)14-9-8-10(2)13-14/h4-9H,3H2,1-2H3. The molecule has 0 N–H and O–H groups in total. The summed E-state index contributed by atoms with van der Waals surface area (Å²) in [7, 11) is -3.54. The monoisotopic (exact) mass is 250 g/mol. The summed E-state index contributed by atoms with van der Waals surface area (Å²) in [4.78, 5) is 0.262. The van der Waals surface area contributed by atoms with Gasteiger partial charge in [0, 0.05) is 6.20 Å². The van der Waals surface area contributed by atoms with Crippen LogP contribution >= 0.6 is 0 Å². The fraction of sp³-hybridized carbons (Fsp3) is 0.250.